The van der Waals surface area contributed by atoms with Crippen molar-refractivity contribution >= 4 is 27.5 Å². The molecule has 0 aliphatic rings. The molecule has 0 spiro atoms. The van der Waals surface area contributed by atoms with Crippen molar-refractivity contribution < 1.29 is 14.8 Å². The van der Waals surface area contributed by atoms with Crippen LogP contribution in [0.15, 0.2) is 22.7 Å². The Morgan fingerprint density at radius 2 is 2.24 bits per heavy atom. The molecular weight excluding hydrogens is 292 g/mol. The van der Waals surface area contributed by atoms with Gasteiger partial charge in [0.1, 0.15) is 5.56 Å². The van der Waals surface area contributed by atoms with E-state index in [2.05, 4.69) is 21.2 Å². The molecule has 0 aliphatic heterocycles. The van der Waals surface area contributed by atoms with Gasteiger partial charge in [-0.2, -0.15) is 0 Å². The van der Waals surface area contributed by atoms with Crippen molar-refractivity contribution in [1.29, 1.82) is 0 Å². The Morgan fingerprint density at radius 1 is 1.53 bits per heavy atom. The summed E-state index contributed by atoms with van der Waals surface area (Å²) in [6.45, 7) is 0.241. The SMILES string of the molecule is O=C(NCCCO)c1ccc(Br)cc1[N+](=O)[O-]. The van der Waals surface area contributed by atoms with Gasteiger partial charge >= 0.3 is 0 Å². The van der Waals surface area contributed by atoms with Crippen molar-refractivity contribution in [2.75, 3.05) is 13.2 Å². The van der Waals surface area contributed by atoms with Gasteiger partial charge in [0.25, 0.3) is 11.6 Å². The first-order chi connectivity index (χ1) is 8.06. The Bertz CT molecular complexity index is 436. The molecule has 6 nitrogen and oxygen atoms in total. The Balaban J connectivity index is 2.89. The molecule has 0 saturated carbocycles. The Morgan fingerprint density at radius 3 is 2.82 bits per heavy atom. The summed E-state index contributed by atoms with van der Waals surface area (Å²) in [6.07, 6.45) is 0.413. The van der Waals surface area contributed by atoms with Gasteiger partial charge in [-0.05, 0) is 18.6 Å². The molecule has 0 fully saturated rings. The average molecular weight is 303 g/mol. The minimum absolute atomic E-state index is 0.0103. The Hall–Kier alpha value is -1.47. The van der Waals surface area contributed by atoms with Crippen molar-refractivity contribution in [3.05, 3.63) is 38.3 Å². The van der Waals surface area contributed by atoms with Crippen LogP contribution in [0.3, 0.4) is 0 Å². The van der Waals surface area contributed by atoms with Crippen LogP contribution in [-0.4, -0.2) is 29.1 Å². The highest BCUT2D eigenvalue weighted by Crippen LogP contribution is 2.23. The number of rotatable bonds is 5. The van der Waals surface area contributed by atoms with Gasteiger partial charge in [-0.3, -0.25) is 14.9 Å². The molecule has 1 amide bonds. The van der Waals surface area contributed by atoms with E-state index in [1.54, 1.807) is 6.07 Å². The van der Waals surface area contributed by atoms with Crippen LogP contribution < -0.4 is 5.32 Å². The van der Waals surface area contributed by atoms with Crippen LogP contribution in [0.5, 0.6) is 0 Å². The van der Waals surface area contributed by atoms with E-state index >= 15 is 0 Å². The number of nitrogens with one attached hydrogen (secondary N) is 1. The summed E-state index contributed by atoms with van der Waals surface area (Å²) in [4.78, 5) is 21.8. The topological polar surface area (TPSA) is 92.5 Å². The predicted molar refractivity (Wildman–Crippen MR) is 64.8 cm³/mol. The standard InChI is InChI=1S/C10H11BrN2O4/c11-7-2-3-8(9(6-7)13(16)17)10(15)12-4-1-5-14/h2-3,6,14H,1,4-5H2,(H,12,15). The molecule has 0 saturated heterocycles. The van der Waals surface area contributed by atoms with Crippen LogP contribution in [-0.2, 0) is 0 Å². The molecule has 17 heavy (non-hydrogen) atoms. The Labute approximate surface area is 106 Å². The van der Waals surface area contributed by atoms with E-state index in [-0.39, 0.29) is 24.4 Å². The second-order valence-electron chi connectivity index (χ2n) is 3.25. The number of nitrogens with zero attached hydrogens (tertiary/aromatic N) is 1. The third-order valence-electron chi connectivity index (χ3n) is 2.02. The quantitative estimate of drug-likeness (QED) is 0.489. The third-order valence-corrected chi connectivity index (χ3v) is 2.51. The van der Waals surface area contributed by atoms with E-state index in [0.717, 1.165) is 0 Å². The number of benzene rings is 1. The van der Waals surface area contributed by atoms with E-state index in [1.165, 1.54) is 12.1 Å². The predicted octanol–water partition coefficient (Wildman–Crippen LogP) is 1.47. The normalized spacial score (nSPS) is 10.0. The van der Waals surface area contributed by atoms with Crippen molar-refractivity contribution in [3.63, 3.8) is 0 Å². The molecule has 0 bridgehead atoms. The lowest BCUT2D eigenvalue weighted by molar-refractivity contribution is -0.385. The van der Waals surface area contributed by atoms with Crippen molar-refractivity contribution in [3.8, 4) is 0 Å². The molecule has 1 rings (SSSR count). The zero-order valence-corrected chi connectivity index (χ0v) is 10.4. The number of aliphatic hydroxyl groups excluding tert-OH is 1. The van der Waals surface area contributed by atoms with E-state index in [9.17, 15) is 14.9 Å². The second kappa shape index (κ2) is 6.31. The number of aliphatic hydroxyl groups is 1. The third kappa shape index (κ3) is 3.79. The fourth-order valence-corrected chi connectivity index (χ4v) is 1.57. The van der Waals surface area contributed by atoms with Gasteiger partial charge in [-0.25, -0.2) is 0 Å². The Kier molecular flexibility index (Phi) is 5.05. The highest BCUT2D eigenvalue weighted by Gasteiger charge is 2.19. The summed E-state index contributed by atoms with van der Waals surface area (Å²) < 4.78 is 0.538. The fourth-order valence-electron chi connectivity index (χ4n) is 1.22. The minimum Gasteiger partial charge on any atom is -0.396 e. The molecule has 1 aromatic rings. The number of amides is 1. The van der Waals surface area contributed by atoms with E-state index < -0.39 is 10.8 Å². The highest BCUT2D eigenvalue weighted by molar-refractivity contribution is 9.10. The van der Waals surface area contributed by atoms with Gasteiger partial charge < -0.3 is 10.4 Å². The number of nitro groups is 1. The van der Waals surface area contributed by atoms with Gasteiger partial charge in [-0.1, -0.05) is 15.9 Å². The van der Waals surface area contributed by atoms with E-state index in [1.807, 2.05) is 0 Å². The fraction of sp³-hybridized carbons (Fsp3) is 0.300. The lowest BCUT2D eigenvalue weighted by Crippen LogP contribution is -2.25. The van der Waals surface area contributed by atoms with Crippen LogP contribution in [0.4, 0.5) is 5.69 Å². The first-order valence-corrected chi connectivity index (χ1v) is 5.68. The summed E-state index contributed by atoms with van der Waals surface area (Å²) in [6, 6.07) is 4.23. The molecule has 0 radical (unpaired) electrons. The maximum Gasteiger partial charge on any atom is 0.283 e. The zero-order chi connectivity index (χ0) is 12.8. The van der Waals surface area contributed by atoms with E-state index in [4.69, 9.17) is 5.11 Å². The summed E-state index contributed by atoms with van der Waals surface area (Å²) in [5, 5.41) is 21.8. The lowest BCUT2D eigenvalue weighted by atomic mass is 10.1. The number of nitro benzene ring substituents is 1. The molecule has 0 heterocycles. The van der Waals surface area contributed by atoms with Crippen molar-refractivity contribution in [2.45, 2.75) is 6.42 Å². The largest absolute Gasteiger partial charge is 0.396 e. The van der Waals surface area contributed by atoms with Crippen LogP contribution in [0.1, 0.15) is 16.8 Å². The first kappa shape index (κ1) is 13.6. The summed E-state index contributed by atoms with van der Waals surface area (Å²) in [5.41, 5.74) is -0.239. The van der Waals surface area contributed by atoms with Gasteiger partial charge in [0, 0.05) is 23.7 Å². The van der Waals surface area contributed by atoms with Gasteiger partial charge in [0.2, 0.25) is 0 Å². The van der Waals surface area contributed by atoms with Crippen LogP contribution in [0, 0.1) is 10.1 Å². The molecule has 0 aliphatic carbocycles. The smallest absolute Gasteiger partial charge is 0.283 e. The monoisotopic (exact) mass is 302 g/mol. The minimum atomic E-state index is -0.605. The number of halogens is 1. The number of hydrogen-bond acceptors (Lipinski definition) is 4. The molecule has 7 heteroatoms. The maximum absolute atomic E-state index is 11.6. The van der Waals surface area contributed by atoms with Gasteiger partial charge in [0.05, 0.1) is 4.92 Å². The number of carbonyl (C=O) groups excluding carboxylic acids is 1. The lowest BCUT2D eigenvalue weighted by Gasteiger charge is -2.05. The zero-order valence-electron chi connectivity index (χ0n) is 8.85. The number of hydrogen-bond donors (Lipinski definition) is 2. The second-order valence-corrected chi connectivity index (χ2v) is 4.17. The molecule has 2 N–H and O–H groups in total. The van der Waals surface area contributed by atoms with Crippen molar-refractivity contribution in [1.82, 2.24) is 5.32 Å². The van der Waals surface area contributed by atoms with Crippen LogP contribution in [0.2, 0.25) is 0 Å². The molecule has 92 valence electrons. The summed E-state index contributed by atoms with van der Waals surface area (Å²) in [7, 11) is 0. The first-order valence-electron chi connectivity index (χ1n) is 4.89. The van der Waals surface area contributed by atoms with Gasteiger partial charge in [-0.15, -0.1) is 0 Å². The molecular formula is C10H11BrN2O4. The molecule has 0 unspecified atom stereocenters. The summed E-state index contributed by atoms with van der Waals surface area (Å²) >= 11 is 3.11. The van der Waals surface area contributed by atoms with Crippen molar-refractivity contribution in [2.24, 2.45) is 0 Å². The maximum atomic E-state index is 11.6. The van der Waals surface area contributed by atoms with Crippen LogP contribution in [0.25, 0.3) is 0 Å². The molecule has 0 aromatic heterocycles. The van der Waals surface area contributed by atoms with Crippen LogP contribution >= 0.6 is 15.9 Å². The highest BCUT2D eigenvalue weighted by atomic mass is 79.9. The van der Waals surface area contributed by atoms with E-state index in [0.29, 0.717) is 10.9 Å². The molecule has 1 aromatic carbocycles. The van der Waals surface area contributed by atoms with Gasteiger partial charge in [0.15, 0.2) is 0 Å². The molecule has 0 atom stereocenters. The summed E-state index contributed by atoms with van der Waals surface area (Å²) in [5.74, 6) is -0.516. The average Bonchev–Trinajstić information content (AvgIpc) is 2.29. The number of carbonyl (C=O) groups is 1.